The highest BCUT2D eigenvalue weighted by molar-refractivity contribution is 5.89. The van der Waals surface area contributed by atoms with E-state index in [4.69, 9.17) is 5.73 Å². The monoisotopic (exact) mass is 291 g/mol. The van der Waals surface area contributed by atoms with Crippen molar-refractivity contribution in [2.45, 2.75) is 38.3 Å². The van der Waals surface area contributed by atoms with E-state index in [2.05, 4.69) is 10.6 Å². The first-order chi connectivity index (χ1) is 10.1. The molecule has 2 unspecified atom stereocenters. The van der Waals surface area contributed by atoms with Crippen molar-refractivity contribution in [3.63, 3.8) is 0 Å². The molecule has 0 aliphatic carbocycles. The summed E-state index contributed by atoms with van der Waals surface area (Å²) in [6, 6.07) is 8.98. The van der Waals surface area contributed by atoms with Gasteiger partial charge in [-0.2, -0.15) is 0 Å². The number of carbonyl (C=O) groups is 2. The number of ketones is 1. The maximum atomic E-state index is 12.3. The van der Waals surface area contributed by atoms with E-state index in [1.807, 2.05) is 30.3 Å². The van der Waals surface area contributed by atoms with Gasteiger partial charge in [0.25, 0.3) is 0 Å². The molecule has 0 aromatic heterocycles. The van der Waals surface area contributed by atoms with Crippen LogP contribution in [0.4, 0.5) is 0 Å². The van der Waals surface area contributed by atoms with Gasteiger partial charge in [-0.25, -0.2) is 0 Å². The minimum atomic E-state index is -0.451. The molecule has 5 nitrogen and oxygen atoms in total. The van der Waals surface area contributed by atoms with E-state index in [-0.39, 0.29) is 17.7 Å². The van der Waals surface area contributed by atoms with Crippen molar-refractivity contribution in [1.82, 2.24) is 10.6 Å². The third kappa shape index (κ3) is 6.06. The smallest absolute Gasteiger partial charge is 0.238 e. The summed E-state index contributed by atoms with van der Waals surface area (Å²) < 4.78 is 0. The van der Waals surface area contributed by atoms with E-state index in [1.165, 1.54) is 6.92 Å². The lowest BCUT2D eigenvalue weighted by Crippen LogP contribution is -2.49. The van der Waals surface area contributed by atoms with Gasteiger partial charge in [-0.15, -0.1) is 0 Å². The molecular formula is C16H25N3O2. The number of likely N-dealkylation sites (N-methyl/N-ethyl adjacent to an activating group) is 1. The molecule has 21 heavy (non-hydrogen) atoms. The third-order valence-corrected chi connectivity index (χ3v) is 3.45. The van der Waals surface area contributed by atoms with Crippen LogP contribution in [0.25, 0.3) is 0 Å². The van der Waals surface area contributed by atoms with E-state index in [1.54, 1.807) is 7.05 Å². The molecule has 1 rings (SSSR count). The van der Waals surface area contributed by atoms with Crippen molar-refractivity contribution in [2.24, 2.45) is 5.73 Å². The lowest BCUT2D eigenvalue weighted by Gasteiger charge is -2.21. The van der Waals surface area contributed by atoms with Gasteiger partial charge < -0.3 is 16.4 Å². The molecule has 1 aromatic carbocycles. The maximum absolute atomic E-state index is 12.3. The average Bonchev–Trinajstić information content (AvgIpc) is 2.49. The van der Waals surface area contributed by atoms with E-state index in [0.717, 1.165) is 5.56 Å². The number of benzene rings is 1. The number of carbonyl (C=O) groups excluding carboxylic acids is 2. The molecule has 0 radical (unpaired) electrons. The molecule has 0 spiro atoms. The molecule has 0 bridgehead atoms. The van der Waals surface area contributed by atoms with E-state index in [9.17, 15) is 9.59 Å². The van der Waals surface area contributed by atoms with Crippen molar-refractivity contribution < 1.29 is 9.59 Å². The van der Waals surface area contributed by atoms with Crippen LogP contribution in [0.2, 0.25) is 0 Å². The van der Waals surface area contributed by atoms with Gasteiger partial charge in [0.1, 0.15) is 0 Å². The molecule has 0 aliphatic heterocycles. The van der Waals surface area contributed by atoms with Crippen LogP contribution in [0.15, 0.2) is 30.3 Å². The molecule has 1 amide bonds. The Morgan fingerprint density at radius 2 is 1.86 bits per heavy atom. The molecule has 0 aliphatic rings. The largest absolute Gasteiger partial charge is 0.345 e. The highest BCUT2D eigenvalue weighted by Gasteiger charge is 2.22. The first kappa shape index (κ1) is 17.3. The van der Waals surface area contributed by atoms with Gasteiger partial charge in [0.2, 0.25) is 5.91 Å². The summed E-state index contributed by atoms with van der Waals surface area (Å²) >= 11 is 0. The number of rotatable bonds is 9. The van der Waals surface area contributed by atoms with Gasteiger partial charge in [-0.1, -0.05) is 30.3 Å². The topological polar surface area (TPSA) is 84.2 Å². The van der Waals surface area contributed by atoms with Crippen molar-refractivity contribution in [3.05, 3.63) is 35.9 Å². The summed E-state index contributed by atoms with van der Waals surface area (Å²) in [4.78, 5) is 23.9. The van der Waals surface area contributed by atoms with Crippen LogP contribution in [0.3, 0.4) is 0 Å². The lowest BCUT2D eigenvalue weighted by molar-refractivity contribution is -0.128. The zero-order valence-electron chi connectivity index (χ0n) is 12.8. The Bertz CT molecular complexity index is 448. The Morgan fingerprint density at radius 1 is 1.19 bits per heavy atom. The summed E-state index contributed by atoms with van der Waals surface area (Å²) in [5, 5.41) is 5.82. The summed E-state index contributed by atoms with van der Waals surface area (Å²) in [5.41, 5.74) is 6.54. The molecule has 2 atom stereocenters. The first-order valence-electron chi connectivity index (χ1n) is 7.30. The van der Waals surface area contributed by atoms with Gasteiger partial charge in [-0.05, 0) is 45.3 Å². The number of hydrogen-bond donors (Lipinski definition) is 3. The first-order valence-corrected chi connectivity index (χ1v) is 7.30. The van der Waals surface area contributed by atoms with Gasteiger partial charge in [0.05, 0.1) is 12.1 Å². The molecular weight excluding hydrogens is 266 g/mol. The molecule has 0 heterocycles. The van der Waals surface area contributed by atoms with Crippen molar-refractivity contribution in [3.8, 4) is 0 Å². The summed E-state index contributed by atoms with van der Waals surface area (Å²) in [5.74, 6) is -0.190. The number of nitrogens with one attached hydrogen (secondary N) is 2. The predicted molar refractivity (Wildman–Crippen MR) is 83.9 cm³/mol. The van der Waals surface area contributed by atoms with Crippen LogP contribution < -0.4 is 16.4 Å². The fraction of sp³-hybridized carbons (Fsp3) is 0.500. The quantitative estimate of drug-likeness (QED) is 0.623. The summed E-state index contributed by atoms with van der Waals surface area (Å²) in [6.07, 6.45) is 1.89. The second-order valence-corrected chi connectivity index (χ2v) is 5.13. The Balaban J connectivity index is 2.62. The zero-order chi connectivity index (χ0) is 15.7. The van der Waals surface area contributed by atoms with Crippen LogP contribution >= 0.6 is 0 Å². The molecule has 1 aromatic rings. The fourth-order valence-corrected chi connectivity index (χ4v) is 2.15. The number of nitrogens with two attached hydrogens (primary N) is 1. The second kappa shape index (κ2) is 9.26. The average molecular weight is 291 g/mol. The van der Waals surface area contributed by atoms with Crippen LogP contribution in [0.5, 0.6) is 0 Å². The normalized spacial score (nSPS) is 13.5. The highest BCUT2D eigenvalue weighted by Crippen LogP contribution is 2.05. The van der Waals surface area contributed by atoms with Crippen LogP contribution in [0, 0.1) is 0 Å². The highest BCUT2D eigenvalue weighted by atomic mass is 16.2. The van der Waals surface area contributed by atoms with E-state index >= 15 is 0 Å². The molecule has 116 valence electrons. The molecule has 5 heteroatoms. The van der Waals surface area contributed by atoms with Crippen molar-refractivity contribution >= 4 is 11.7 Å². The lowest BCUT2D eigenvalue weighted by atomic mass is 10.0. The van der Waals surface area contributed by atoms with E-state index < -0.39 is 6.04 Å². The Labute approximate surface area is 126 Å². The Kier molecular flexibility index (Phi) is 7.64. The standard InChI is InChI=1S/C16H25N3O2/c1-12(20)14(9-6-10-17)19-16(21)15(18-2)11-13-7-4-3-5-8-13/h3-5,7-8,14-15,18H,6,9-11,17H2,1-2H3,(H,19,21). The zero-order valence-corrected chi connectivity index (χ0v) is 12.8. The minimum absolute atomic E-state index is 0.0358. The number of amides is 1. The molecule has 0 saturated carbocycles. The van der Waals surface area contributed by atoms with Crippen LogP contribution in [0.1, 0.15) is 25.3 Å². The van der Waals surface area contributed by atoms with Crippen LogP contribution in [-0.2, 0) is 16.0 Å². The van der Waals surface area contributed by atoms with Gasteiger partial charge in [-0.3, -0.25) is 9.59 Å². The molecule has 0 saturated heterocycles. The van der Waals surface area contributed by atoms with Gasteiger partial charge in [0, 0.05) is 0 Å². The van der Waals surface area contributed by atoms with Crippen LogP contribution in [-0.4, -0.2) is 37.4 Å². The van der Waals surface area contributed by atoms with E-state index in [0.29, 0.717) is 25.8 Å². The van der Waals surface area contributed by atoms with Crippen molar-refractivity contribution in [2.75, 3.05) is 13.6 Å². The van der Waals surface area contributed by atoms with Crippen molar-refractivity contribution in [1.29, 1.82) is 0 Å². The summed E-state index contributed by atoms with van der Waals surface area (Å²) in [7, 11) is 1.75. The Hall–Kier alpha value is -1.72. The molecule has 4 N–H and O–H groups in total. The van der Waals surface area contributed by atoms with Gasteiger partial charge in [0.15, 0.2) is 5.78 Å². The second-order valence-electron chi connectivity index (χ2n) is 5.13. The maximum Gasteiger partial charge on any atom is 0.238 e. The molecule has 0 fully saturated rings. The number of hydrogen-bond acceptors (Lipinski definition) is 4. The number of Topliss-reactive ketones (excluding diaryl/α,β-unsaturated/α-hetero) is 1. The summed E-state index contributed by atoms with van der Waals surface area (Å²) in [6.45, 7) is 2.01. The fourth-order valence-electron chi connectivity index (χ4n) is 2.15. The third-order valence-electron chi connectivity index (χ3n) is 3.45. The minimum Gasteiger partial charge on any atom is -0.345 e. The predicted octanol–water partition coefficient (Wildman–Crippen LogP) is 0.630. The van der Waals surface area contributed by atoms with Gasteiger partial charge >= 0.3 is 0 Å². The Morgan fingerprint density at radius 3 is 2.38 bits per heavy atom. The SMILES string of the molecule is CNC(Cc1ccccc1)C(=O)NC(CCCN)C(C)=O.